The Kier molecular flexibility index (Phi) is 4.26. The summed E-state index contributed by atoms with van der Waals surface area (Å²) < 4.78 is 43.2. The van der Waals surface area contributed by atoms with E-state index in [4.69, 9.17) is 11.6 Å². The van der Waals surface area contributed by atoms with E-state index in [-0.39, 0.29) is 0 Å². The van der Waals surface area contributed by atoms with Crippen molar-refractivity contribution in [1.29, 1.82) is 0 Å². The number of rotatable bonds is 4. The molecule has 1 aliphatic rings. The Morgan fingerprint density at radius 2 is 2.00 bits per heavy atom. The Morgan fingerprint density at radius 1 is 1.32 bits per heavy atom. The van der Waals surface area contributed by atoms with Crippen LogP contribution >= 0.6 is 0 Å². The van der Waals surface area contributed by atoms with Crippen molar-refractivity contribution < 1.29 is 41.3 Å². The average Bonchev–Trinajstić information content (AvgIpc) is 2.70. The van der Waals surface area contributed by atoms with E-state index in [1.54, 1.807) is 0 Å². The molecule has 0 aliphatic carbocycles. The number of ether oxygens (including phenoxy) is 1. The highest BCUT2D eigenvalue weighted by molar-refractivity contribution is 5.89. The minimum absolute atomic E-state index is 0.543. The second-order valence-corrected chi connectivity index (χ2v) is 4.93. The first-order chi connectivity index (χ1) is 14.0. The molecule has 25 heavy (non-hydrogen) atoms. The fourth-order valence-corrected chi connectivity index (χ4v) is 1.97. The molecule has 2 amide bonds. The van der Waals surface area contributed by atoms with E-state index in [1.807, 2.05) is 5.32 Å². The van der Waals surface area contributed by atoms with Gasteiger partial charge < -0.3 is 25.4 Å². The van der Waals surface area contributed by atoms with Gasteiger partial charge in [0.25, 0.3) is 5.90 Å². The summed E-state index contributed by atoms with van der Waals surface area (Å²) in [5, 5.41) is 36.8. The van der Waals surface area contributed by atoms with Crippen LogP contribution in [0.4, 0.5) is 10.5 Å². The van der Waals surface area contributed by atoms with E-state index in [0.29, 0.717) is 0 Å². The van der Waals surface area contributed by atoms with Crippen molar-refractivity contribution >= 4 is 23.6 Å². The first kappa shape index (κ1) is 12.6. The van der Waals surface area contributed by atoms with E-state index in [9.17, 15) is 24.9 Å². The molecule has 1 aromatic carbocycles. The molecule has 10 heteroatoms. The number of oxime groups is 1. The largest absolute Gasteiger partial charge is 0.468 e. The van der Waals surface area contributed by atoms with E-state index < -0.39 is 84.8 Å². The first-order valence-corrected chi connectivity index (χ1v) is 7.03. The molecule has 4 atom stereocenters. The highest BCUT2D eigenvalue weighted by Gasteiger charge is 2.44. The standard InChI is InChI=1S/C15H19N3O7/c1-8(20)16-11-13(22)12(21)10(7-19)24-14(11)18-25-15(23)17-9-5-3-2-4-6-9/h2-6,10-13,19,21-22H,7H2,1H3,(H,16,20)(H,17,23)/t10?,11?,12-,13?/m1/s1/i2D,3D,4D,5D,6D. The minimum atomic E-state index is -1.65. The topological polar surface area (TPSA) is 150 Å². The molecule has 0 saturated carbocycles. The van der Waals surface area contributed by atoms with Crippen LogP contribution in [-0.4, -0.2) is 64.2 Å². The SMILES string of the molecule is [2H]c1c([2H])c([2H])c(NC(=O)ON=C2OC(CO)[C@@H](O)C(O)C2NC(C)=O)c([2H])c1[2H]. The fourth-order valence-electron chi connectivity index (χ4n) is 1.97. The third kappa shape index (κ3) is 4.89. The molecule has 1 saturated heterocycles. The number of hydrogen-bond donors (Lipinski definition) is 5. The number of carbonyl (C=O) groups excluding carboxylic acids is 2. The lowest BCUT2D eigenvalue weighted by atomic mass is 9.97. The van der Waals surface area contributed by atoms with Crippen molar-refractivity contribution in [2.24, 2.45) is 5.16 Å². The Labute approximate surface area is 150 Å². The number of amides is 2. The molecule has 136 valence electrons. The lowest BCUT2D eigenvalue weighted by Crippen LogP contribution is -2.62. The molecule has 0 spiro atoms. The maximum absolute atomic E-state index is 12.0. The van der Waals surface area contributed by atoms with Gasteiger partial charge in [-0.3, -0.25) is 14.9 Å². The second-order valence-electron chi connectivity index (χ2n) is 4.93. The van der Waals surface area contributed by atoms with Gasteiger partial charge in [-0.2, -0.15) is 0 Å². The van der Waals surface area contributed by atoms with Gasteiger partial charge >= 0.3 is 6.09 Å². The van der Waals surface area contributed by atoms with Gasteiger partial charge in [-0.05, 0) is 17.2 Å². The quantitative estimate of drug-likeness (QED) is 0.348. The van der Waals surface area contributed by atoms with Crippen molar-refractivity contribution in [3.05, 3.63) is 30.2 Å². The molecule has 1 aromatic rings. The summed E-state index contributed by atoms with van der Waals surface area (Å²) in [6, 6.07) is -4.79. The smallest absolute Gasteiger partial charge is 0.437 e. The van der Waals surface area contributed by atoms with Crippen molar-refractivity contribution in [2.75, 3.05) is 11.9 Å². The van der Waals surface area contributed by atoms with Gasteiger partial charge in [0.2, 0.25) is 5.91 Å². The van der Waals surface area contributed by atoms with Gasteiger partial charge in [-0.25, -0.2) is 4.79 Å². The Bertz CT molecular complexity index is 856. The van der Waals surface area contributed by atoms with Crippen molar-refractivity contribution in [3.63, 3.8) is 0 Å². The van der Waals surface area contributed by atoms with Gasteiger partial charge in [-0.15, -0.1) is 0 Å². The minimum Gasteiger partial charge on any atom is -0.468 e. The van der Waals surface area contributed by atoms with Crippen LogP contribution in [0.15, 0.2) is 35.4 Å². The molecular formula is C15H19N3O7. The van der Waals surface area contributed by atoms with Gasteiger partial charge in [0.05, 0.1) is 13.5 Å². The number of para-hydroxylation sites is 1. The monoisotopic (exact) mass is 358 g/mol. The molecule has 1 heterocycles. The predicted octanol–water partition coefficient (Wildman–Crippen LogP) is -0.834. The summed E-state index contributed by atoms with van der Waals surface area (Å²) in [5.74, 6) is -1.17. The van der Waals surface area contributed by atoms with E-state index in [2.05, 4.69) is 15.3 Å². The molecule has 2 rings (SSSR count). The number of nitrogens with zero attached hydrogens (tertiary/aromatic N) is 1. The number of hydrogen-bond acceptors (Lipinski definition) is 8. The van der Waals surface area contributed by atoms with Crippen LogP contribution in [-0.2, 0) is 14.4 Å². The van der Waals surface area contributed by atoms with Gasteiger partial charge in [-0.1, -0.05) is 18.1 Å². The first-order valence-electron chi connectivity index (χ1n) is 9.53. The number of nitrogens with one attached hydrogen (secondary N) is 2. The van der Waals surface area contributed by atoms with Gasteiger partial charge in [0.1, 0.15) is 18.2 Å². The number of anilines is 1. The average molecular weight is 358 g/mol. The highest BCUT2D eigenvalue weighted by atomic mass is 16.7. The van der Waals surface area contributed by atoms with E-state index in [1.165, 1.54) is 0 Å². The molecule has 0 bridgehead atoms. The fraction of sp³-hybridized carbons (Fsp3) is 0.400. The zero-order valence-electron chi connectivity index (χ0n) is 17.9. The van der Waals surface area contributed by atoms with E-state index >= 15 is 0 Å². The molecule has 5 N–H and O–H groups in total. The van der Waals surface area contributed by atoms with Crippen LogP contribution in [0.5, 0.6) is 0 Å². The molecule has 3 unspecified atom stereocenters. The van der Waals surface area contributed by atoms with Crippen molar-refractivity contribution in [2.45, 2.75) is 31.3 Å². The van der Waals surface area contributed by atoms with Crippen LogP contribution in [0.1, 0.15) is 13.8 Å². The van der Waals surface area contributed by atoms with Crippen LogP contribution in [0, 0.1) is 0 Å². The van der Waals surface area contributed by atoms with Crippen LogP contribution in [0.25, 0.3) is 0 Å². The maximum atomic E-state index is 12.0. The Balaban J connectivity index is 2.24. The van der Waals surface area contributed by atoms with Crippen LogP contribution in [0.3, 0.4) is 0 Å². The normalized spacial score (nSPS) is 30.1. The highest BCUT2D eigenvalue weighted by Crippen LogP contribution is 2.18. The van der Waals surface area contributed by atoms with Gasteiger partial charge in [0, 0.05) is 12.6 Å². The number of benzene rings is 1. The number of aliphatic hydroxyl groups is 3. The molecule has 1 fully saturated rings. The van der Waals surface area contributed by atoms with Crippen LogP contribution in [0.2, 0.25) is 0 Å². The van der Waals surface area contributed by atoms with Crippen LogP contribution < -0.4 is 10.6 Å². The Hall–Kier alpha value is -2.69. The molecular weight excluding hydrogens is 334 g/mol. The third-order valence-corrected chi connectivity index (χ3v) is 3.09. The summed E-state index contributed by atoms with van der Waals surface area (Å²) in [4.78, 5) is 27.9. The predicted molar refractivity (Wildman–Crippen MR) is 85.6 cm³/mol. The number of aliphatic hydroxyl groups excluding tert-OH is 3. The summed E-state index contributed by atoms with van der Waals surface area (Å²) in [6.07, 6.45) is -5.92. The van der Waals surface area contributed by atoms with Gasteiger partial charge in [0.15, 0.2) is 6.10 Å². The summed E-state index contributed by atoms with van der Waals surface area (Å²) in [6.45, 7) is 0.388. The lowest BCUT2D eigenvalue weighted by molar-refractivity contribution is -0.126. The maximum Gasteiger partial charge on any atom is 0.437 e. The second kappa shape index (κ2) is 8.42. The lowest BCUT2D eigenvalue weighted by Gasteiger charge is -2.37. The zero-order chi connectivity index (χ0) is 22.7. The number of carbonyl (C=O) groups is 2. The van der Waals surface area contributed by atoms with Crippen molar-refractivity contribution in [1.82, 2.24) is 5.32 Å². The molecule has 0 aromatic heterocycles. The molecule has 1 aliphatic heterocycles. The van der Waals surface area contributed by atoms with E-state index in [0.717, 1.165) is 6.92 Å². The summed E-state index contributed by atoms with van der Waals surface area (Å²) in [7, 11) is 0. The zero-order valence-corrected chi connectivity index (χ0v) is 12.9. The van der Waals surface area contributed by atoms with Crippen molar-refractivity contribution in [3.8, 4) is 0 Å². The third-order valence-electron chi connectivity index (χ3n) is 3.09. The summed E-state index contributed by atoms with van der Waals surface area (Å²) in [5.41, 5.74) is -0.558. The molecule has 10 nitrogen and oxygen atoms in total. The Morgan fingerprint density at radius 3 is 2.60 bits per heavy atom. The summed E-state index contributed by atoms with van der Waals surface area (Å²) >= 11 is 0. The molecule has 0 radical (unpaired) electrons.